The average molecular weight is 243 g/mol. The van der Waals surface area contributed by atoms with Gasteiger partial charge in [0.25, 0.3) is 0 Å². The van der Waals surface area contributed by atoms with Crippen molar-refractivity contribution in [1.29, 1.82) is 0 Å². The van der Waals surface area contributed by atoms with Crippen LogP contribution in [0.25, 0.3) is 0 Å². The first-order valence-corrected chi connectivity index (χ1v) is 6.81. The molecule has 1 nitrogen and oxygen atoms in total. The Labute approximate surface area is 99.8 Å². The van der Waals surface area contributed by atoms with E-state index in [9.17, 15) is 0 Å². The number of aliphatic hydroxyl groups is 1. The number of thioether (sulfide) groups is 1. The van der Waals surface area contributed by atoms with Crippen molar-refractivity contribution in [2.45, 2.75) is 25.4 Å². The lowest BCUT2D eigenvalue weighted by Crippen LogP contribution is -2.08. The number of halogens is 1. The lowest BCUT2D eigenvalue weighted by atomic mass is 9.93. The van der Waals surface area contributed by atoms with Crippen LogP contribution in [0, 0.1) is 0 Å². The van der Waals surface area contributed by atoms with Crippen LogP contribution in [0.1, 0.15) is 29.9 Å². The lowest BCUT2D eigenvalue weighted by molar-refractivity contribution is 0.282. The SMILES string of the molecule is OCc1ccc(C2CCSCC2)c(Cl)c1. The van der Waals surface area contributed by atoms with E-state index >= 15 is 0 Å². The topological polar surface area (TPSA) is 20.2 Å². The maximum absolute atomic E-state index is 9.00. The molecule has 1 N–H and O–H groups in total. The van der Waals surface area contributed by atoms with Crippen molar-refractivity contribution in [1.82, 2.24) is 0 Å². The van der Waals surface area contributed by atoms with Crippen LogP contribution >= 0.6 is 23.4 Å². The van der Waals surface area contributed by atoms with Crippen LogP contribution in [0.15, 0.2) is 18.2 Å². The summed E-state index contributed by atoms with van der Waals surface area (Å²) in [7, 11) is 0. The van der Waals surface area contributed by atoms with Gasteiger partial charge < -0.3 is 5.11 Å². The molecular weight excluding hydrogens is 228 g/mol. The Bertz CT molecular complexity index is 334. The number of hydrogen-bond donors (Lipinski definition) is 1. The van der Waals surface area contributed by atoms with Gasteiger partial charge in [0.1, 0.15) is 0 Å². The molecule has 1 heterocycles. The van der Waals surface area contributed by atoms with E-state index in [-0.39, 0.29) is 6.61 Å². The average Bonchev–Trinajstić information content (AvgIpc) is 2.30. The fraction of sp³-hybridized carbons (Fsp3) is 0.500. The second-order valence-electron chi connectivity index (χ2n) is 3.90. The molecule has 1 fully saturated rings. The van der Waals surface area contributed by atoms with Crippen molar-refractivity contribution in [3.8, 4) is 0 Å². The van der Waals surface area contributed by atoms with Crippen LogP contribution in [0.2, 0.25) is 5.02 Å². The molecule has 0 saturated carbocycles. The van der Waals surface area contributed by atoms with Gasteiger partial charge in [0, 0.05) is 5.02 Å². The summed E-state index contributed by atoms with van der Waals surface area (Å²) in [4.78, 5) is 0. The Kier molecular flexibility index (Phi) is 3.95. The van der Waals surface area contributed by atoms with E-state index in [1.54, 1.807) is 0 Å². The summed E-state index contributed by atoms with van der Waals surface area (Å²) < 4.78 is 0. The summed E-state index contributed by atoms with van der Waals surface area (Å²) in [6.45, 7) is 0.0700. The smallest absolute Gasteiger partial charge is 0.0682 e. The van der Waals surface area contributed by atoms with Crippen molar-refractivity contribution in [3.63, 3.8) is 0 Å². The first-order chi connectivity index (χ1) is 7.31. The van der Waals surface area contributed by atoms with Crippen LogP contribution < -0.4 is 0 Å². The van der Waals surface area contributed by atoms with Gasteiger partial charge in [-0.1, -0.05) is 23.7 Å². The number of rotatable bonds is 2. The molecule has 0 unspecified atom stereocenters. The molecule has 1 aromatic carbocycles. The molecular formula is C12H15ClOS. The van der Waals surface area contributed by atoms with Crippen LogP contribution in [0.4, 0.5) is 0 Å². The number of aliphatic hydroxyl groups excluding tert-OH is 1. The molecule has 0 amide bonds. The molecule has 0 radical (unpaired) electrons. The molecule has 1 aliphatic rings. The van der Waals surface area contributed by atoms with Gasteiger partial charge in [-0.15, -0.1) is 0 Å². The molecule has 0 aromatic heterocycles. The summed E-state index contributed by atoms with van der Waals surface area (Å²) in [6, 6.07) is 5.94. The number of hydrogen-bond acceptors (Lipinski definition) is 2. The molecule has 0 bridgehead atoms. The van der Waals surface area contributed by atoms with Gasteiger partial charge in [0.2, 0.25) is 0 Å². The van der Waals surface area contributed by atoms with E-state index in [0.29, 0.717) is 5.92 Å². The van der Waals surface area contributed by atoms with E-state index in [4.69, 9.17) is 16.7 Å². The van der Waals surface area contributed by atoms with Crippen molar-refractivity contribution < 1.29 is 5.11 Å². The standard InChI is InChI=1S/C12H15ClOS/c13-12-7-9(8-14)1-2-11(12)10-3-5-15-6-4-10/h1-2,7,10,14H,3-6,8H2. The first kappa shape index (κ1) is 11.3. The highest BCUT2D eigenvalue weighted by Crippen LogP contribution is 2.35. The molecule has 0 spiro atoms. The Morgan fingerprint density at radius 1 is 1.33 bits per heavy atom. The molecule has 3 heteroatoms. The Morgan fingerprint density at radius 3 is 2.67 bits per heavy atom. The fourth-order valence-electron chi connectivity index (χ4n) is 2.01. The van der Waals surface area contributed by atoms with Crippen molar-refractivity contribution >= 4 is 23.4 Å². The van der Waals surface area contributed by atoms with Crippen molar-refractivity contribution in [3.05, 3.63) is 34.3 Å². The minimum absolute atomic E-state index is 0.0700. The quantitative estimate of drug-likeness (QED) is 0.858. The number of benzene rings is 1. The van der Waals surface area contributed by atoms with E-state index in [1.165, 1.54) is 29.9 Å². The predicted molar refractivity (Wildman–Crippen MR) is 66.7 cm³/mol. The zero-order valence-corrected chi connectivity index (χ0v) is 10.2. The predicted octanol–water partition coefficient (Wildman–Crippen LogP) is 3.44. The van der Waals surface area contributed by atoms with Crippen LogP contribution in [0.5, 0.6) is 0 Å². The van der Waals surface area contributed by atoms with Crippen LogP contribution in [-0.2, 0) is 6.61 Å². The van der Waals surface area contributed by atoms with Crippen molar-refractivity contribution in [2.75, 3.05) is 11.5 Å². The van der Waals surface area contributed by atoms with Gasteiger partial charge in [-0.3, -0.25) is 0 Å². The maximum Gasteiger partial charge on any atom is 0.0682 e. The molecule has 1 saturated heterocycles. The minimum Gasteiger partial charge on any atom is -0.392 e. The van der Waals surface area contributed by atoms with Gasteiger partial charge in [0.15, 0.2) is 0 Å². The van der Waals surface area contributed by atoms with E-state index < -0.39 is 0 Å². The largest absolute Gasteiger partial charge is 0.392 e. The third kappa shape index (κ3) is 2.68. The fourth-order valence-corrected chi connectivity index (χ4v) is 3.47. The highest BCUT2D eigenvalue weighted by Gasteiger charge is 2.18. The Morgan fingerprint density at radius 2 is 2.07 bits per heavy atom. The second kappa shape index (κ2) is 5.24. The molecule has 0 atom stereocenters. The highest BCUT2D eigenvalue weighted by molar-refractivity contribution is 7.99. The maximum atomic E-state index is 9.00. The Hall–Kier alpha value is -0.180. The summed E-state index contributed by atoms with van der Waals surface area (Å²) in [5, 5.41) is 9.82. The van der Waals surface area contributed by atoms with Gasteiger partial charge in [-0.2, -0.15) is 11.8 Å². The second-order valence-corrected chi connectivity index (χ2v) is 5.53. The third-order valence-electron chi connectivity index (χ3n) is 2.91. The molecule has 0 aliphatic carbocycles. The van der Waals surface area contributed by atoms with Gasteiger partial charge in [-0.05, 0) is 47.5 Å². The van der Waals surface area contributed by atoms with E-state index in [2.05, 4.69) is 6.07 Å². The molecule has 1 aromatic rings. The van der Waals surface area contributed by atoms with E-state index in [0.717, 1.165) is 10.6 Å². The van der Waals surface area contributed by atoms with Gasteiger partial charge >= 0.3 is 0 Å². The third-order valence-corrected chi connectivity index (χ3v) is 4.28. The molecule has 2 rings (SSSR count). The molecule has 15 heavy (non-hydrogen) atoms. The van der Waals surface area contributed by atoms with Crippen molar-refractivity contribution in [2.24, 2.45) is 0 Å². The van der Waals surface area contributed by atoms with Crippen LogP contribution in [0.3, 0.4) is 0 Å². The lowest BCUT2D eigenvalue weighted by Gasteiger charge is -2.22. The molecule has 82 valence electrons. The summed E-state index contributed by atoms with van der Waals surface area (Å²) in [5.74, 6) is 3.09. The van der Waals surface area contributed by atoms with Gasteiger partial charge in [0.05, 0.1) is 6.61 Å². The summed E-state index contributed by atoms with van der Waals surface area (Å²) in [6.07, 6.45) is 2.45. The van der Waals surface area contributed by atoms with Gasteiger partial charge in [-0.25, -0.2) is 0 Å². The zero-order valence-electron chi connectivity index (χ0n) is 8.58. The first-order valence-electron chi connectivity index (χ1n) is 5.28. The monoisotopic (exact) mass is 242 g/mol. The normalized spacial score (nSPS) is 18.0. The molecule has 1 aliphatic heterocycles. The zero-order chi connectivity index (χ0) is 10.7. The summed E-state index contributed by atoms with van der Waals surface area (Å²) >= 11 is 8.25. The summed E-state index contributed by atoms with van der Waals surface area (Å²) in [5.41, 5.74) is 2.16. The van der Waals surface area contributed by atoms with E-state index in [1.807, 2.05) is 23.9 Å². The van der Waals surface area contributed by atoms with Crippen LogP contribution in [-0.4, -0.2) is 16.6 Å². The highest BCUT2D eigenvalue weighted by atomic mass is 35.5. The Balaban J connectivity index is 2.19. The minimum atomic E-state index is 0.0700.